The molecule has 0 bridgehead atoms. The molecule has 18 heteroatoms. The topological polar surface area (TPSA) is 168 Å². The van der Waals surface area contributed by atoms with E-state index in [2.05, 4.69) is 5.32 Å². The highest BCUT2D eigenvalue weighted by Gasteiger charge is 2.39. The number of thioether (sulfide) groups is 1. The molecule has 1 atom stereocenters. The third kappa shape index (κ3) is 14.7. The Morgan fingerprint density at radius 3 is 2.22 bits per heavy atom. The van der Waals surface area contributed by atoms with Gasteiger partial charge in [0.15, 0.2) is 0 Å². The number of unbranched alkanes of at least 4 members (excludes halogenated alkanes) is 2. The standard InChI is InChI=1S/C38H48F2N6O4S.C2HF3O2/c1-38(2,3)36(37-43-31(29-23-28(39)14-15-30(29)40)25-44(37)24-27-11-6-4-7-12-27)46(20-10-18-41)35(50)26-51-22-9-5-8-13-32(47)42-19-21-45-33(48)16-17-34(45)49;3-2(4,5)1(6)7/h4,6-7,11-12,14-17,23,25,36H,5,8-10,13,18-22,24,26,41H2,1-3H3,(H,42,47);(H,6,7)/t36-;/m0./s1. The smallest absolute Gasteiger partial charge is 0.475 e. The third-order valence-corrected chi connectivity index (χ3v) is 9.75. The number of carbonyl (C=O) groups is 5. The van der Waals surface area contributed by atoms with Gasteiger partial charge in [-0.05, 0) is 60.7 Å². The minimum atomic E-state index is -5.08. The van der Waals surface area contributed by atoms with Gasteiger partial charge in [0.05, 0.1) is 17.5 Å². The molecule has 4 N–H and O–H groups in total. The van der Waals surface area contributed by atoms with Crippen LogP contribution in [0.5, 0.6) is 0 Å². The first-order chi connectivity index (χ1) is 27.3. The van der Waals surface area contributed by atoms with Crippen molar-refractivity contribution in [1.82, 2.24) is 24.7 Å². The van der Waals surface area contributed by atoms with Crippen LogP contribution in [0.15, 0.2) is 66.9 Å². The predicted octanol–water partition coefficient (Wildman–Crippen LogP) is 6.11. The van der Waals surface area contributed by atoms with Crippen LogP contribution in [-0.4, -0.2) is 97.9 Å². The Morgan fingerprint density at radius 2 is 1.62 bits per heavy atom. The molecule has 0 saturated heterocycles. The molecule has 2 heterocycles. The molecule has 0 spiro atoms. The zero-order valence-electron chi connectivity index (χ0n) is 32.6. The SMILES string of the molecule is CC(C)(C)[C@H](c1nc(-c2cc(F)ccc2F)cn1Cc1ccccc1)N(CCCN)C(=O)CSCCCCCC(=O)NCCN1C(=O)C=CC1=O.O=C(O)C(F)(F)F. The molecule has 0 saturated carbocycles. The highest BCUT2D eigenvalue weighted by atomic mass is 32.2. The van der Waals surface area contributed by atoms with Crippen molar-refractivity contribution in [3.05, 3.63) is 89.9 Å². The maximum Gasteiger partial charge on any atom is 0.490 e. The van der Waals surface area contributed by atoms with Crippen molar-refractivity contribution >= 4 is 41.4 Å². The van der Waals surface area contributed by atoms with Crippen LogP contribution in [0, 0.1) is 17.0 Å². The number of imidazole rings is 1. The van der Waals surface area contributed by atoms with E-state index >= 15 is 0 Å². The lowest BCUT2D eigenvalue weighted by Crippen LogP contribution is -2.44. The van der Waals surface area contributed by atoms with Crippen molar-refractivity contribution in [2.24, 2.45) is 11.1 Å². The number of rotatable bonds is 19. The Hall–Kier alpha value is -5.10. The average Bonchev–Trinajstić information content (AvgIpc) is 3.70. The number of carbonyl (C=O) groups excluding carboxylic acids is 4. The van der Waals surface area contributed by atoms with Gasteiger partial charge in [-0.15, -0.1) is 0 Å². The molecule has 2 aromatic carbocycles. The second-order valence-corrected chi connectivity index (χ2v) is 15.5. The highest BCUT2D eigenvalue weighted by Crippen LogP contribution is 2.40. The number of aromatic nitrogens is 2. The molecule has 316 valence electrons. The van der Waals surface area contributed by atoms with Crippen LogP contribution in [0.2, 0.25) is 0 Å². The van der Waals surface area contributed by atoms with E-state index in [1.807, 2.05) is 60.6 Å². The quantitative estimate of drug-likeness (QED) is 0.0734. The molecule has 0 fully saturated rings. The number of carboxylic acids is 1. The largest absolute Gasteiger partial charge is 0.490 e. The monoisotopic (exact) mass is 836 g/mol. The summed E-state index contributed by atoms with van der Waals surface area (Å²) in [6.45, 7) is 7.69. The summed E-state index contributed by atoms with van der Waals surface area (Å²) in [5, 5.41) is 9.87. The number of carboxylic acid groups (broad SMARTS) is 1. The lowest BCUT2D eigenvalue weighted by Gasteiger charge is -2.40. The lowest BCUT2D eigenvalue weighted by molar-refractivity contribution is -0.192. The minimum Gasteiger partial charge on any atom is -0.475 e. The number of nitrogens with one attached hydrogen (secondary N) is 1. The molecule has 12 nitrogen and oxygen atoms in total. The Balaban J connectivity index is 0.00000117. The summed E-state index contributed by atoms with van der Waals surface area (Å²) >= 11 is 1.53. The number of alkyl halides is 3. The minimum absolute atomic E-state index is 0.0520. The Morgan fingerprint density at radius 1 is 0.966 bits per heavy atom. The predicted molar refractivity (Wildman–Crippen MR) is 209 cm³/mol. The number of nitrogens with two attached hydrogens (primary N) is 1. The van der Waals surface area contributed by atoms with Gasteiger partial charge in [0.1, 0.15) is 17.5 Å². The fraction of sp³-hybridized carbons (Fsp3) is 0.450. The molecule has 58 heavy (non-hydrogen) atoms. The normalized spacial score (nSPS) is 13.3. The molecule has 1 aliphatic rings. The fourth-order valence-electron chi connectivity index (χ4n) is 5.99. The lowest BCUT2D eigenvalue weighted by atomic mass is 9.84. The van der Waals surface area contributed by atoms with Gasteiger partial charge in [0.2, 0.25) is 11.8 Å². The summed E-state index contributed by atoms with van der Waals surface area (Å²) in [6.07, 6.45) is 2.30. The van der Waals surface area contributed by atoms with E-state index in [-0.39, 0.29) is 53.7 Å². The summed E-state index contributed by atoms with van der Waals surface area (Å²) < 4.78 is 62.9. The number of nitrogens with zero attached hydrogens (tertiary/aromatic N) is 4. The molecule has 1 aliphatic heterocycles. The molecule has 0 aliphatic carbocycles. The number of aliphatic carboxylic acids is 1. The Labute approximate surface area is 338 Å². The second kappa shape index (κ2) is 22.2. The van der Waals surface area contributed by atoms with E-state index in [1.54, 1.807) is 6.20 Å². The summed E-state index contributed by atoms with van der Waals surface area (Å²) in [6, 6.07) is 12.6. The second-order valence-electron chi connectivity index (χ2n) is 14.4. The van der Waals surface area contributed by atoms with Crippen LogP contribution in [0.3, 0.4) is 0 Å². The first-order valence-electron chi connectivity index (χ1n) is 18.6. The van der Waals surface area contributed by atoms with Gasteiger partial charge in [0, 0.05) is 56.5 Å². The third-order valence-electron chi connectivity index (χ3n) is 8.73. The number of benzene rings is 2. The summed E-state index contributed by atoms with van der Waals surface area (Å²) in [5.41, 5.74) is 6.78. The van der Waals surface area contributed by atoms with Crippen molar-refractivity contribution in [2.45, 2.75) is 71.6 Å². The molecule has 3 aromatic rings. The van der Waals surface area contributed by atoms with Crippen LogP contribution >= 0.6 is 11.8 Å². The van der Waals surface area contributed by atoms with Crippen LogP contribution < -0.4 is 11.1 Å². The zero-order valence-corrected chi connectivity index (χ0v) is 33.4. The Bertz CT molecular complexity index is 1880. The van der Waals surface area contributed by atoms with Gasteiger partial charge in [-0.3, -0.25) is 24.1 Å². The van der Waals surface area contributed by atoms with E-state index in [0.717, 1.165) is 47.3 Å². The summed E-state index contributed by atoms with van der Waals surface area (Å²) in [7, 11) is 0. The van der Waals surface area contributed by atoms with Gasteiger partial charge < -0.3 is 25.6 Å². The van der Waals surface area contributed by atoms with Gasteiger partial charge in [0.25, 0.3) is 11.8 Å². The van der Waals surface area contributed by atoms with E-state index in [9.17, 15) is 41.1 Å². The molecular formula is C40H49F5N6O6S. The van der Waals surface area contributed by atoms with Crippen molar-refractivity contribution in [3.63, 3.8) is 0 Å². The maximum absolute atomic E-state index is 15.0. The summed E-state index contributed by atoms with van der Waals surface area (Å²) in [4.78, 5) is 66.1. The summed E-state index contributed by atoms with van der Waals surface area (Å²) in [5.74, 6) is -3.30. The maximum atomic E-state index is 15.0. The zero-order chi connectivity index (χ0) is 43.0. The number of hydrogen-bond donors (Lipinski definition) is 3. The van der Waals surface area contributed by atoms with E-state index in [4.69, 9.17) is 20.6 Å². The van der Waals surface area contributed by atoms with E-state index in [0.29, 0.717) is 44.7 Å². The molecule has 4 rings (SSSR count). The van der Waals surface area contributed by atoms with E-state index in [1.165, 1.54) is 23.9 Å². The van der Waals surface area contributed by atoms with Gasteiger partial charge in [-0.2, -0.15) is 24.9 Å². The average molecular weight is 837 g/mol. The van der Waals surface area contributed by atoms with Crippen molar-refractivity contribution in [1.29, 1.82) is 0 Å². The van der Waals surface area contributed by atoms with Gasteiger partial charge >= 0.3 is 12.1 Å². The van der Waals surface area contributed by atoms with Crippen LogP contribution in [-0.2, 0) is 30.5 Å². The molecule has 1 aromatic heterocycles. The molecule has 4 amide bonds. The van der Waals surface area contributed by atoms with Crippen molar-refractivity contribution in [2.75, 3.05) is 37.7 Å². The van der Waals surface area contributed by atoms with Crippen molar-refractivity contribution in [3.8, 4) is 11.3 Å². The highest BCUT2D eigenvalue weighted by molar-refractivity contribution is 7.99. The fourth-order valence-corrected chi connectivity index (χ4v) is 6.88. The number of amides is 4. The van der Waals surface area contributed by atoms with Crippen molar-refractivity contribution < 1.29 is 51.0 Å². The Kier molecular flexibility index (Phi) is 18.1. The molecule has 0 unspecified atom stereocenters. The van der Waals surface area contributed by atoms with Gasteiger partial charge in [-0.1, -0.05) is 57.5 Å². The number of halogens is 5. The van der Waals surface area contributed by atoms with Crippen LogP contribution in [0.4, 0.5) is 22.0 Å². The van der Waals surface area contributed by atoms with E-state index < -0.39 is 35.2 Å². The van der Waals surface area contributed by atoms with Crippen LogP contribution in [0.25, 0.3) is 11.3 Å². The van der Waals surface area contributed by atoms with Crippen LogP contribution in [0.1, 0.15) is 70.3 Å². The molecular weight excluding hydrogens is 788 g/mol. The number of imide groups is 1. The first kappa shape index (κ1) is 47.3. The number of hydrogen-bond acceptors (Lipinski definition) is 8. The van der Waals surface area contributed by atoms with Gasteiger partial charge in [-0.25, -0.2) is 18.6 Å². The molecule has 0 radical (unpaired) electrons. The first-order valence-corrected chi connectivity index (χ1v) is 19.7.